The predicted molar refractivity (Wildman–Crippen MR) is 111 cm³/mol. The van der Waals surface area contributed by atoms with Crippen molar-refractivity contribution < 1.29 is 14.1 Å². The van der Waals surface area contributed by atoms with Crippen molar-refractivity contribution in [2.75, 3.05) is 4.90 Å². The fourth-order valence-corrected chi connectivity index (χ4v) is 4.16. The molecule has 2 aromatic heterocycles. The maximum Gasteiger partial charge on any atom is 0.433 e. The second kappa shape index (κ2) is 7.48. The van der Waals surface area contributed by atoms with Crippen LogP contribution in [0.15, 0.2) is 59.0 Å². The van der Waals surface area contributed by atoms with Gasteiger partial charge in [-0.1, -0.05) is 47.7 Å². The first-order valence-electron chi connectivity index (χ1n) is 8.90. The molecule has 0 bridgehead atoms. The Morgan fingerprint density at radius 3 is 2.62 bits per heavy atom. The van der Waals surface area contributed by atoms with Gasteiger partial charge in [-0.05, 0) is 42.7 Å². The molecule has 0 saturated heterocycles. The van der Waals surface area contributed by atoms with Crippen LogP contribution in [0.4, 0.5) is 11.0 Å². The van der Waals surface area contributed by atoms with Gasteiger partial charge in [0.2, 0.25) is 0 Å². The molecule has 0 unspecified atom stereocenters. The number of hydrogen-bond donors (Lipinski definition) is 0. The number of aromatic nitrogens is 1. The van der Waals surface area contributed by atoms with Gasteiger partial charge in [-0.25, -0.2) is 4.98 Å². The number of hydrogen-bond acceptors (Lipinski definition) is 6. The molecule has 146 valence electrons. The molecule has 0 radical (unpaired) electrons. The summed E-state index contributed by atoms with van der Waals surface area (Å²) in [6, 6.07) is 16.1. The number of nitrogens with zero attached hydrogens (tertiary/aromatic N) is 3. The van der Waals surface area contributed by atoms with E-state index in [4.69, 9.17) is 4.42 Å². The highest BCUT2D eigenvalue weighted by Gasteiger charge is 2.26. The highest BCUT2D eigenvalue weighted by Crippen LogP contribution is 2.34. The number of benzene rings is 2. The van der Waals surface area contributed by atoms with E-state index in [-0.39, 0.29) is 12.3 Å². The van der Waals surface area contributed by atoms with Gasteiger partial charge in [0.25, 0.3) is 5.91 Å². The smallest absolute Gasteiger partial charge is 0.395 e. The van der Waals surface area contributed by atoms with Crippen LogP contribution in [0.25, 0.3) is 10.2 Å². The van der Waals surface area contributed by atoms with Gasteiger partial charge in [0.15, 0.2) is 10.9 Å². The Hall–Kier alpha value is -3.52. The molecule has 29 heavy (non-hydrogen) atoms. The first-order chi connectivity index (χ1) is 13.9. The first kappa shape index (κ1) is 18.8. The van der Waals surface area contributed by atoms with E-state index in [0.717, 1.165) is 26.9 Å². The molecule has 0 atom stereocenters. The zero-order chi connectivity index (χ0) is 20.5. The van der Waals surface area contributed by atoms with Crippen LogP contribution in [0, 0.1) is 24.0 Å². The van der Waals surface area contributed by atoms with Crippen LogP contribution in [-0.4, -0.2) is 15.8 Å². The highest BCUT2D eigenvalue weighted by atomic mass is 32.1. The Labute approximate surface area is 170 Å². The molecule has 1 amide bonds. The number of furan rings is 1. The zero-order valence-corrected chi connectivity index (χ0v) is 16.6. The van der Waals surface area contributed by atoms with Gasteiger partial charge in [0.1, 0.15) is 4.92 Å². The molecule has 2 heterocycles. The molecule has 8 heteroatoms. The van der Waals surface area contributed by atoms with Crippen molar-refractivity contribution in [3.63, 3.8) is 0 Å². The van der Waals surface area contributed by atoms with Gasteiger partial charge < -0.3 is 4.42 Å². The van der Waals surface area contributed by atoms with Crippen LogP contribution in [0.1, 0.15) is 27.2 Å². The van der Waals surface area contributed by atoms with Crippen molar-refractivity contribution in [2.45, 2.75) is 20.4 Å². The van der Waals surface area contributed by atoms with E-state index >= 15 is 0 Å². The fourth-order valence-electron chi connectivity index (χ4n) is 3.15. The lowest BCUT2D eigenvalue weighted by atomic mass is 10.1. The lowest BCUT2D eigenvalue weighted by molar-refractivity contribution is -0.402. The summed E-state index contributed by atoms with van der Waals surface area (Å²) in [6.45, 7) is 4.28. The van der Waals surface area contributed by atoms with Crippen LogP contribution in [0.3, 0.4) is 0 Å². The summed E-state index contributed by atoms with van der Waals surface area (Å²) in [7, 11) is 0. The fraction of sp³-hybridized carbons (Fsp3) is 0.143. The molecule has 4 rings (SSSR count). The van der Waals surface area contributed by atoms with E-state index in [1.807, 2.05) is 50.2 Å². The molecule has 0 N–H and O–H groups in total. The van der Waals surface area contributed by atoms with Gasteiger partial charge >= 0.3 is 5.88 Å². The summed E-state index contributed by atoms with van der Waals surface area (Å²) >= 11 is 1.41. The molecule has 2 aromatic carbocycles. The van der Waals surface area contributed by atoms with Crippen molar-refractivity contribution >= 4 is 38.5 Å². The van der Waals surface area contributed by atoms with Gasteiger partial charge in [0.05, 0.1) is 22.8 Å². The molecular formula is C21H17N3O4S. The third-order valence-corrected chi connectivity index (χ3v) is 5.68. The third-order valence-electron chi connectivity index (χ3n) is 4.45. The SMILES string of the molecule is Cc1cc(C)c2sc(N(Cc3ccccc3)C(=O)c3ccc([N+](=O)[O-])o3)nc2c1. The van der Waals surface area contributed by atoms with Gasteiger partial charge in [-0.15, -0.1) is 0 Å². The maximum absolute atomic E-state index is 13.2. The summed E-state index contributed by atoms with van der Waals surface area (Å²) in [6.07, 6.45) is 0. The Balaban J connectivity index is 1.78. The second-order valence-electron chi connectivity index (χ2n) is 6.70. The van der Waals surface area contributed by atoms with E-state index in [9.17, 15) is 14.9 Å². The average molecular weight is 407 g/mol. The van der Waals surface area contributed by atoms with Crippen LogP contribution in [0.2, 0.25) is 0 Å². The second-order valence-corrected chi connectivity index (χ2v) is 7.68. The number of nitro groups is 1. The standard InChI is InChI=1S/C21H17N3O4S/c1-13-10-14(2)19-16(11-13)22-21(29-19)23(12-15-6-4-3-5-7-15)20(25)17-8-9-18(28-17)24(26)27/h3-11H,12H2,1-2H3. The summed E-state index contributed by atoms with van der Waals surface area (Å²) in [5.74, 6) is -1.04. The van der Waals surface area contributed by atoms with Crippen LogP contribution in [0.5, 0.6) is 0 Å². The Morgan fingerprint density at radius 2 is 1.93 bits per heavy atom. The molecule has 0 aliphatic heterocycles. The monoisotopic (exact) mass is 407 g/mol. The zero-order valence-electron chi connectivity index (χ0n) is 15.8. The number of amides is 1. The molecule has 4 aromatic rings. The largest absolute Gasteiger partial charge is 0.433 e. The Morgan fingerprint density at radius 1 is 1.17 bits per heavy atom. The topological polar surface area (TPSA) is 89.5 Å². The number of carbonyl (C=O) groups is 1. The lowest BCUT2D eigenvalue weighted by Crippen LogP contribution is -2.30. The molecule has 0 saturated carbocycles. The van der Waals surface area contributed by atoms with Crippen molar-refractivity contribution in [1.29, 1.82) is 0 Å². The van der Waals surface area contributed by atoms with E-state index < -0.39 is 16.7 Å². The lowest BCUT2D eigenvalue weighted by Gasteiger charge is -2.18. The first-order valence-corrected chi connectivity index (χ1v) is 9.72. The molecule has 0 spiro atoms. The van der Waals surface area contributed by atoms with Crippen LogP contribution >= 0.6 is 11.3 Å². The number of thiazole rings is 1. The number of rotatable bonds is 5. The van der Waals surface area contributed by atoms with Gasteiger partial charge in [-0.2, -0.15) is 0 Å². The Kier molecular flexibility index (Phi) is 4.85. The Bertz CT molecular complexity index is 1210. The molecule has 0 aliphatic rings. The third kappa shape index (κ3) is 3.74. The minimum absolute atomic E-state index is 0.0974. The van der Waals surface area contributed by atoms with Crippen molar-refractivity contribution in [3.8, 4) is 0 Å². The number of anilines is 1. The van der Waals surface area contributed by atoms with Gasteiger partial charge in [0, 0.05) is 0 Å². The molecule has 7 nitrogen and oxygen atoms in total. The summed E-state index contributed by atoms with van der Waals surface area (Å²) in [5, 5.41) is 11.4. The van der Waals surface area contributed by atoms with E-state index in [1.54, 1.807) is 0 Å². The van der Waals surface area contributed by atoms with E-state index in [0.29, 0.717) is 5.13 Å². The molecule has 0 fully saturated rings. The van der Waals surface area contributed by atoms with Crippen LogP contribution < -0.4 is 4.90 Å². The van der Waals surface area contributed by atoms with Crippen molar-refractivity contribution in [1.82, 2.24) is 4.98 Å². The van der Waals surface area contributed by atoms with Crippen molar-refractivity contribution in [3.05, 3.63) is 87.2 Å². The van der Waals surface area contributed by atoms with E-state index in [1.165, 1.54) is 28.4 Å². The van der Waals surface area contributed by atoms with E-state index in [2.05, 4.69) is 11.1 Å². The summed E-state index contributed by atoms with van der Waals surface area (Å²) < 4.78 is 6.15. The number of carbonyl (C=O) groups excluding carboxylic acids is 1. The van der Waals surface area contributed by atoms with Crippen LogP contribution in [-0.2, 0) is 6.54 Å². The maximum atomic E-state index is 13.2. The molecule has 0 aliphatic carbocycles. The predicted octanol–water partition coefficient (Wildman–Crippen LogP) is 5.26. The highest BCUT2D eigenvalue weighted by molar-refractivity contribution is 7.22. The van der Waals surface area contributed by atoms with Gasteiger partial charge in [-0.3, -0.25) is 19.8 Å². The minimum atomic E-state index is -0.665. The normalized spacial score (nSPS) is 11.0. The quantitative estimate of drug-likeness (QED) is 0.332. The van der Waals surface area contributed by atoms with Crippen molar-refractivity contribution in [2.24, 2.45) is 0 Å². The number of aryl methyl sites for hydroxylation is 2. The molecular weight excluding hydrogens is 390 g/mol. The number of fused-ring (bicyclic) bond motifs is 1. The summed E-state index contributed by atoms with van der Waals surface area (Å²) in [5.41, 5.74) is 3.91. The summed E-state index contributed by atoms with van der Waals surface area (Å²) in [4.78, 5) is 29.6. The average Bonchev–Trinajstić information content (AvgIpc) is 3.34. The minimum Gasteiger partial charge on any atom is -0.395 e.